The van der Waals surface area contributed by atoms with Gasteiger partial charge in [-0.3, -0.25) is 4.79 Å². The van der Waals surface area contributed by atoms with Gasteiger partial charge in [-0.25, -0.2) is 0 Å². The van der Waals surface area contributed by atoms with Crippen molar-refractivity contribution in [1.82, 2.24) is 5.32 Å². The number of nitrogens with one attached hydrogen (secondary N) is 2. The maximum absolute atomic E-state index is 11.6. The Morgan fingerprint density at radius 1 is 1.33 bits per heavy atom. The Hall–Kier alpha value is -1.42. The van der Waals surface area contributed by atoms with Crippen LogP contribution in [0.4, 0.5) is 5.69 Å². The third kappa shape index (κ3) is 4.84. The second kappa shape index (κ2) is 6.50. The Kier molecular flexibility index (Phi) is 5.28. The molecule has 0 bridgehead atoms. The molecule has 0 unspecified atom stereocenters. The second-order valence-electron chi connectivity index (χ2n) is 4.92. The van der Waals surface area contributed by atoms with E-state index in [1.807, 2.05) is 39.8 Å². The predicted molar refractivity (Wildman–Crippen MR) is 79.7 cm³/mol. The highest BCUT2D eigenvalue weighted by molar-refractivity contribution is 7.80. The number of aryl methyl sites for hydroxylation is 2. The van der Waals surface area contributed by atoms with Crippen LogP contribution in [0, 0.1) is 19.8 Å². The van der Waals surface area contributed by atoms with Crippen molar-refractivity contribution in [1.29, 1.82) is 0 Å². The molecule has 1 aromatic rings. The van der Waals surface area contributed by atoms with Crippen LogP contribution in [0.25, 0.3) is 0 Å². The SMILES string of the molecule is Cc1ccc(NC(=S)NC(=O)CC(C)C)c(C)c1. The molecule has 0 heterocycles. The van der Waals surface area contributed by atoms with E-state index in [2.05, 4.69) is 16.7 Å². The molecule has 3 nitrogen and oxygen atoms in total. The zero-order valence-corrected chi connectivity index (χ0v) is 12.1. The highest BCUT2D eigenvalue weighted by Crippen LogP contribution is 2.15. The second-order valence-corrected chi connectivity index (χ2v) is 5.33. The number of carbonyl (C=O) groups is 1. The van der Waals surface area contributed by atoms with Gasteiger partial charge < -0.3 is 10.6 Å². The summed E-state index contributed by atoms with van der Waals surface area (Å²) in [5.41, 5.74) is 3.23. The molecule has 98 valence electrons. The smallest absolute Gasteiger partial charge is 0.226 e. The fraction of sp³-hybridized carbons (Fsp3) is 0.429. The fourth-order valence-corrected chi connectivity index (χ4v) is 1.88. The van der Waals surface area contributed by atoms with Crippen molar-refractivity contribution in [3.63, 3.8) is 0 Å². The van der Waals surface area contributed by atoms with Gasteiger partial charge in [-0.05, 0) is 43.6 Å². The van der Waals surface area contributed by atoms with Crippen LogP contribution in [0.2, 0.25) is 0 Å². The van der Waals surface area contributed by atoms with Crippen LogP contribution in [0.1, 0.15) is 31.4 Å². The van der Waals surface area contributed by atoms with Gasteiger partial charge in [0, 0.05) is 12.1 Å². The number of carbonyl (C=O) groups excluding carboxylic acids is 1. The van der Waals surface area contributed by atoms with Crippen molar-refractivity contribution in [2.24, 2.45) is 5.92 Å². The van der Waals surface area contributed by atoms with Gasteiger partial charge in [0.1, 0.15) is 0 Å². The molecule has 0 aromatic heterocycles. The molecule has 0 aliphatic carbocycles. The van der Waals surface area contributed by atoms with Crippen molar-refractivity contribution in [2.45, 2.75) is 34.1 Å². The van der Waals surface area contributed by atoms with Crippen LogP contribution in [0.3, 0.4) is 0 Å². The average molecular weight is 264 g/mol. The highest BCUT2D eigenvalue weighted by Gasteiger charge is 2.07. The van der Waals surface area contributed by atoms with Gasteiger partial charge in [0.15, 0.2) is 5.11 Å². The minimum atomic E-state index is -0.0488. The van der Waals surface area contributed by atoms with E-state index in [1.165, 1.54) is 5.56 Å². The number of hydrogen-bond donors (Lipinski definition) is 2. The molecule has 1 aromatic carbocycles. The molecule has 0 aliphatic heterocycles. The molecule has 18 heavy (non-hydrogen) atoms. The highest BCUT2D eigenvalue weighted by atomic mass is 32.1. The third-order valence-electron chi connectivity index (χ3n) is 2.48. The van der Waals surface area contributed by atoms with Crippen LogP contribution < -0.4 is 10.6 Å². The average Bonchev–Trinajstić information content (AvgIpc) is 2.20. The normalized spacial score (nSPS) is 10.3. The first-order valence-corrected chi connectivity index (χ1v) is 6.47. The van der Waals surface area contributed by atoms with Gasteiger partial charge in [-0.2, -0.15) is 0 Å². The minimum absolute atomic E-state index is 0.0488. The fourth-order valence-electron chi connectivity index (χ4n) is 1.66. The molecule has 0 radical (unpaired) electrons. The van der Waals surface area contributed by atoms with E-state index in [4.69, 9.17) is 12.2 Å². The molecule has 2 N–H and O–H groups in total. The van der Waals surface area contributed by atoms with Crippen molar-refractivity contribution in [2.75, 3.05) is 5.32 Å². The molecular formula is C14H20N2OS. The predicted octanol–water partition coefficient (Wildman–Crippen LogP) is 3.16. The number of benzene rings is 1. The van der Waals surface area contributed by atoms with Crippen LogP contribution >= 0.6 is 12.2 Å². The molecule has 0 atom stereocenters. The largest absolute Gasteiger partial charge is 0.332 e. The van der Waals surface area contributed by atoms with Crippen LogP contribution in [0.5, 0.6) is 0 Å². The standard InChI is InChI=1S/C14H20N2OS/c1-9(2)7-13(17)16-14(18)15-12-6-5-10(3)8-11(12)4/h5-6,8-9H,7H2,1-4H3,(H2,15,16,17,18). The van der Waals surface area contributed by atoms with Crippen LogP contribution in [-0.4, -0.2) is 11.0 Å². The molecule has 0 saturated carbocycles. The summed E-state index contributed by atoms with van der Waals surface area (Å²) < 4.78 is 0. The molecule has 0 saturated heterocycles. The molecular weight excluding hydrogens is 244 g/mol. The van der Waals surface area contributed by atoms with E-state index in [1.54, 1.807) is 0 Å². The summed E-state index contributed by atoms with van der Waals surface area (Å²) in [6.07, 6.45) is 0.481. The van der Waals surface area contributed by atoms with Gasteiger partial charge in [-0.15, -0.1) is 0 Å². The first kappa shape index (κ1) is 14.6. The molecule has 0 aliphatic rings. The maximum atomic E-state index is 11.6. The summed E-state index contributed by atoms with van der Waals surface area (Å²) in [5, 5.41) is 6.08. The maximum Gasteiger partial charge on any atom is 0.226 e. The van der Waals surface area contributed by atoms with Crippen LogP contribution in [0.15, 0.2) is 18.2 Å². The van der Waals surface area contributed by atoms with E-state index in [0.717, 1.165) is 11.3 Å². The minimum Gasteiger partial charge on any atom is -0.332 e. The zero-order chi connectivity index (χ0) is 13.7. The first-order valence-electron chi connectivity index (χ1n) is 6.06. The lowest BCUT2D eigenvalue weighted by Gasteiger charge is -2.12. The monoisotopic (exact) mass is 264 g/mol. The lowest BCUT2D eigenvalue weighted by molar-refractivity contribution is -0.120. The first-order chi connectivity index (χ1) is 8.38. The van der Waals surface area contributed by atoms with E-state index in [0.29, 0.717) is 17.5 Å². The van der Waals surface area contributed by atoms with Gasteiger partial charge in [-0.1, -0.05) is 31.5 Å². The van der Waals surface area contributed by atoms with E-state index in [9.17, 15) is 4.79 Å². The molecule has 0 fully saturated rings. The van der Waals surface area contributed by atoms with Crippen molar-refractivity contribution < 1.29 is 4.79 Å². The van der Waals surface area contributed by atoms with Gasteiger partial charge >= 0.3 is 0 Å². The zero-order valence-electron chi connectivity index (χ0n) is 11.3. The Balaban J connectivity index is 2.57. The van der Waals surface area contributed by atoms with Gasteiger partial charge in [0.25, 0.3) is 0 Å². The van der Waals surface area contributed by atoms with Crippen LogP contribution in [-0.2, 0) is 4.79 Å². The van der Waals surface area contributed by atoms with Crippen molar-refractivity contribution in [3.05, 3.63) is 29.3 Å². The van der Waals surface area contributed by atoms with E-state index >= 15 is 0 Å². The summed E-state index contributed by atoms with van der Waals surface area (Å²) in [6, 6.07) is 6.04. The van der Waals surface area contributed by atoms with Gasteiger partial charge in [0.2, 0.25) is 5.91 Å². The molecule has 4 heteroatoms. The van der Waals surface area contributed by atoms with E-state index in [-0.39, 0.29) is 5.91 Å². The summed E-state index contributed by atoms with van der Waals surface area (Å²) in [6.45, 7) is 8.05. The molecule has 0 spiro atoms. The van der Waals surface area contributed by atoms with Crippen molar-refractivity contribution >= 4 is 28.9 Å². The Bertz CT molecular complexity index is 455. The Morgan fingerprint density at radius 3 is 2.56 bits per heavy atom. The van der Waals surface area contributed by atoms with Gasteiger partial charge in [0.05, 0.1) is 0 Å². The number of anilines is 1. The lowest BCUT2D eigenvalue weighted by atomic mass is 10.1. The number of rotatable bonds is 3. The number of thiocarbonyl (C=S) groups is 1. The Labute approximate surface area is 114 Å². The number of amides is 1. The van der Waals surface area contributed by atoms with E-state index < -0.39 is 0 Å². The molecule has 1 amide bonds. The third-order valence-corrected chi connectivity index (χ3v) is 2.68. The summed E-state index contributed by atoms with van der Waals surface area (Å²) >= 11 is 5.11. The lowest BCUT2D eigenvalue weighted by Crippen LogP contribution is -2.34. The topological polar surface area (TPSA) is 41.1 Å². The molecule has 1 rings (SSSR count). The van der Waals surface area contributed by atoms with Crippen molar-refractivity contribution in [3.8, 4) is 0 Å². The Morgan fingerprint density at radius 2 is 2.00 bits per heavy atom. The summed E-state index contributed by atoms with van der Waals surface area (Å²) in [7, 11) is 0. The summed E-state index contributed by atoms with van der Waals surface area (Å²) in [5.74, 6) is 0.279. The quantitative estimate of drug-likeness (QED) is 0.824. The summed E-state index contributed by atoms with van der Waals surface area (Å²) in [4.78, 5) is 11.6. The number of hydrogen-bond acceptors (Lipinski definition) is 2.